The van der Waals surface area contributed by atoms with Gasteiger partial charge in [0.25, 0.3) is 0 Å². The van der Waals surface area contributed by atoms with Crippen molar-refractivity contribution < 1.29 is 9.90 Å². The molecule has 1 aromatic rings. The molecule has 0 aromatic heterocycles. The molecule has 21 heavy (non-hydrogen) atoms. The van der Waals surface area contributed by atoms with Crippen molar-refractivity contribution in [3.05, 3.63) is 33.8 Å². The average Bonchev–Trinajstić information content (AvgIpc) is 2.43. The number of rotatable bonds is 5. The number of carboxylic acid groups (broad SMARTS) is 1. The number of benzene rings is 1. The van der Waals surface area contributed by atoms with E-state index in [2.05, 4.69) is 6.92 Å². The van der Waals surface area contributed by atoms with Gasteiger partial charge in [0.15, 0.2) is 0 Å². The van der Waals surface area contributed by atoms with Gasteiger partial charge in [-0.05, 0) is 55.2 Å². The third-order valence-electron chi connectivity index (χ3n) is 4.63. The van der Waals surface area contributed by atoms with E-state index in [1.807, 2.05) is 18.2 Å². The normalized spacial score (nSPS) is 25.8. The fourth-order valence-corrected chi connectivity index (χ4v) is 4.12. The van der Waals surface area contributed by atoms with Crippen LogP contribution in [0.4, 0.5) is 0 Å². The summed E-state index contributed by atoms with van der Waals surface area (Å²) in [5.41, 5.74) is 0.897. The molecule has 2 nitrogen and oxygen atoms in total. The first kappa shape index (κ1) is 16.6. The lowest BCUT2D eigenvalue weighted by atomic mass is 9.70. The maximum Gasteiger partial charge on any atom is 0.306 e. The van der Waals surface area contributed by atoms with Crippen molar-refractivity contribution >= 4 is 29.2 Å². The van der Waals surface area contributed by atoms with Gasteiger partial charge in [0, 0.05) is 10.0 Å². The van der Waals surface area contributed by atoms with E-state index in [1.54, 1.807) is 0 Å². The fraction of sp³-hybridized carbons (Fsp3) is 0.588. The summed E-state index contributed by atoms with van der Waals surface area (Å²) in [6.45, 7) is 2.18. The van der Waals surface area contributed by atoms with Gasteiger partial charge in [-0.25, -0.2) is 0 Å². The smallest absolute Gasteiger partial charge is 0.306 e. The van der Waals surface area contributed by atoms with Crippen LogP contribution in [0.1, 0.15) is 44.6 Å². The van der Waals surface area contributed by atoms with E-state index < -0.39 is 5.97 Å². The fourth-order valence-electron chi connectivity index (χ4n) is 3.57. The molecule has 1 N–H and O–H groups in total. The van der Waals surface area contributed by atoms with Crippen LogP contribution in [-0.4, -0.2) is 11.1 Å². The molecular weight excluding hydrogens is 307 g/mol. The predicted octanol–water partition coefficient (Wildman–Crippen LogP) is 5.45. The van der Waals surface area contributed by atoms with Gasteiger partial charge in [0.2, 0.25) is 0 Å². The molecule has 3 atom stereocenters. The Hall–Kier alpha value is -0.730. The van der Waals surface area contributed by atoms with Gasteiger partial charge < -0.3 is 5.11 Å². The maximum atomic E-state index is 11.5. The molecule has 0 bridgehead atoms. The summed E-state index contributed by atoms with van der Waals surface area (Å²) in [5.74, 6) is -0.189. The van der Waals surface area contributed by atoms with Gasteiger partial charge in [0.05, 0.1) is 5.92 Å². The molecule has 0 radical (unpaired) electrons. The molecule has 1 saturated carbocycles. The van der Waals surface area contributed by atoms with Crippen LogP contribution in [0, 0.1) is 17.8 Å². The summed E-state index contributed by atoms with van der Waals surface area (Å²) >= 11 is 12.5. The Balaban J connectivity index is 2.18. The first-order valence-electron chi connectivity index (χ1n) is 7.68. The Morgan fingerprint density at radius 2 is 1.95 bits per heavy atom. The monoisotopic (exact) mass is 328 g/mol. The number of aliphatic carboxylic acids is 1. The van der Waals surface area contributed by atoms with E-state index >= 15 is 0 Å². The molecule has 1 aliphatic rings. The second-order valence-corrected chi connectivity index (χ2v) is 6.89. The molecule has 2 rings (SSSR count). The molecule has 1 fully saturated rings. The summed E-state index contributed by atoms with van der Waals surface area (Å²) < 4.78 is 0. The van der Waals surface area contributed by atoms with E-state index in [9.17, 15) is 9.90 Å². The molecule has 116 valence electrons. The highest BCUT2D eigenvalue weighted by Crippen LogP contribution is 2.40. The van der Waals surface area contributed by atoms with Crippen molar-refractivity contribution in [2.75, 3.05) is 0 Å². The highest BCUT2D eigenvalue weighted by molar-refractivity contribution is 6.36. The van der Waals surface area contributed by atoms with E-state index in [0.29, 0.717) is 22.4 Å². The van der Waals surface area contributed by atoms with Gasteiger partial charge in [0.1, 0.15) is 0 Å². The minimum absolute atomic E-state index is 0.130. The molecule has 0 spiro atoms. The van der Waals surface area contributed by atoms with Gasteiger partial charge in [-0.1, -0.05) is 49.0 Å². The Morgan fingerprint density at radius 3 is 2.52 bits per heavy atom. The predicted molar refractivity (Wildman–Crippen MR) is 87.0 cm³/mol. The lowest BCUT2D eigenvalue weighted by Gasteiger charge is -2.34. The zero-order valence-corrected chi connectivity index (χ0v) is 13.8. The lowest BCUT2D eigenvalue weighted by Crippen LogP contribution is -2.32. The van der Waals surface area contributed by atoms with Crippen molar-refractivity contribution in [3.63, 3.8) is 0 Å². The highest BCUT2D eigenvalue weighted by Gasteiger charge is 2.35. The Labute approximate surface area is 136 Å². The maximum absolute atomic E-state index is 11.5. The van der Waals surface area contributed by atoms with Crippen LogP contribution in [-0.2, 0) is 11.2 Å². The van der Waals surface area contributed by atoms with Crippen LogP contribution in [0.3, 0.4) is 0 Å². The summed E-state index contributed by atoms with van der Waals surface area (Å²) in [6, 6.07) is 5.47. The Bertz CT molecular complexity index is 481. The van der Waals surface area contributed by atoms with Crippen LogP contribution in [0.25, 0.3) is 0 Å². The van der Waals surface area contributed by atoms with Crippen LogP contribution in [0.5, 0.6) is 0 Å². The first-order chi connectivity index (χ1) is 10.0. The number of carboxylic acids is 1. The van der Waals surface area contributed by atoms with Gasteiger partial charge in [-0.15, -0.1) is 0 Å². The summed E-state index contributed by atoms with van der Waals surface area (Å²) in [7, 11) is 0. The van der Waals surface area contributed by atoms with Crippen LogP contribution in [0.2, 0.25) is 10.0 Å². The molecule has 0 aliphatic heterocycles. The van der Waals surface area contributed by atoms with Crippen LogP contribution in [0.15, 0.2) is 18.2 Å². The third-order valence-corrected chi connectivity index (χ3v) is 5.34. The second-order valence-electron chi connectivity index (χ2n) is 6.08. The SMILES string of the molecule is CCCC1CCC(C(=O)O)C(Cc2c(Cl)cccc2Cl)C1. The molecule has 0 saturated heterocycles. The molecule has 0 amide bonds. The molecule has 3 unspecified atom stereocenters. The zero-order valence-electron chi connectivity index (χ0n) is 12.3. The standard InChI is InChI=1S/C17H22Cl2O2/c1-2-4-11-7-8-13(17(20)21)12(9-11)10-14-15(18)5-3-6-16(14)19/h3,5-6,11-13H,2,4,7-10H2,1H3,(H,20,21). The van der Waals surface area contributed by atoms with Crippen LogP contribution < -0.4 is 0 Å². The molecule has 4 heteroatoms. The topological polar surface area (TPSA) is 37.3 Å². The van der Waals surface area contributed by atoms with E-state index in [-0.39, 0.29) is 11.8 Å². The van der Waals surface area contributed by atoms with E-state index in [4.69, 9.17) is 23.2 Å². The minimum atomic E-state index is -0.682. The number of carbonyl (C=O) groups is 1. The zero-order chi connectivity index (χ0) is 15.4. The van der Waals surface area contributed by atoms with E-state index in [1.165, 1.54) is 6.42 Å². The first-order valence-corrected chi connectivity index (χ1v) is 8.44. The molecule has 1 aromatic carbocycles. The van der Waals surface area contributed by atoms with Crippen LogP contribution >= 0.6 is 23.2 Å². The van der Waals surface area contributed by atoms with E-state index in [0.717, 1.165) is 31.2 Å². The molecular formula is C17H22Cl2O2. The molecule has 0 heterocycles. The second kappa shape index (κ2) is 7.51. The summed E-state index contributed by atoms with van der Waals surface area (Å²) in [4.78, 5) is 11.5. The van der Waals surface area contributed by atoms with Gasteiger partial charge in [-0.3, -0.25) is 4.79 Å². The number of hydrogen-bond acceptors (Lipinski definition) is 1. The highest BCUT2D eigenvalue weighted by atomic mass is 35.5. The van der Waals surface area contributed by atoms with Gasteiger partial charge in [-0.2, -0.15) is 0 Å². The molecule has 1 aliphatic carbocycles. The Kier molecular flexibility index (Phi) is 5.95. The minimum Gasteiger partial charge on any atom is -0.481 e. The van der Waals surface area contributed by atoms with Crippen molar-refractivity contribution in [2.45, 2.75) is 45.4 Å². The third kappa shape index (κ3) is 4.14. The number of hydrogen-bond donors (Lipinski definition) is 1. The van der Waals surface area contributed by atoms with Crippen molar-refractivity contribution in [1.82, 2.24) is 0 Å². The van der Waals surface area contributed by atoms with Crippen molar-refractivity contribution in [1.29, 1.82) is 0 Å². The average molecular weight is 329 g/mol. The Morgan fingerprint density at radius 1 is 1.29 bits per heavy atom. The quantitative estimate of drug-likeness (QED) is 0.779. The lowest BCUT2D eigenvalue weighted by molar-refractivity contribution is -0.145. The number of halogens is 2. The summed E-state index contributed by atoms with van der Waals surface area (Å²) in [5, 5.41) is 10.8. The summed E-state index contributed by atoms with van der Waals surface area (Å²) in [6.07, 6.45) is 5.76. The largest absolute Gasteiger partial charge is 0.481 e. The van der Waals surface area contributed by atoms with Crippen molar-refractivity contribution in [2.24, 2.45) is 17.8 Å². The van der Waals surface area contributed by atoms with Gasteiger partial charge >= 0.3 is 5.97 Å². The van der Waals surface area contributed by atoms with Crippen molar-refractivity contribution in [3.8, 4) is 0 Å².